The molecule has 0 bridgehead atoms. The molecule has 3 aromatic rings. The minimum Gasteiger partial charge on any atom is -0.373 e. The Morgan fingerprint density at radius 3 is 3.16 bits per heavy atom. The summed E-state index contributed by atoms with van der Waals surface area (Å²) in [6.45, 7) is 5.12. The van der Waals surface area contributed by atoms with E-state index >= 15 is 0 Å². The van der Waals surface area contributed by atoms with E-state index in [1.165, 1.54) is 11.3 Å². The number of aromatic nitrogens is 6. The van der Waals surface area contributed by atoms with Crippen LogP contribution < -0.4 is 4.90 Å². The normalized spacial score (nSPS) is 17.9. The molecule has 5 rings (SSSR count). The van der Waals surface area contributed by atoms with Gasteiger partial charge in [-0.25, -0.2) is 0 Å². The second kappa shape index (κ2) is 5.78. The first-order valence-corrected chi connectivity index (χ1v) is 8.51. The Morgan fingerprint density at radius 2 is 2.24 bits per heavy atom. The molecule has 1 fully saturated rings. The van der Waals surface area contributed by atoms with Crippen molar-refractivity contribution in [2.24, 2.45) is 0 Å². The minimum absolute atomic E-state index is 0.512. The van der Waals surface area contributed by atoms with Crippen LogP contribution in [0.2, 0.25) is 0 Å². The molecule has 0 aromatic carbocycles. The molecule has 130 valence electrons. The summed E-state index contributed by atoms with van der Waals surface area (Å²) in [5.74, 6) is 0.966. The summed E-state index contributed by atoms with van der Waals surface area (Å²) in [6.07, 6.45) is 3.62. The summed E-state index contributed by atoms with van der Waals surface area (Å²) < 4.78 is 9.35. The molecule has 3 aromatic heterocycles. The summed E-state index contributed by atoms with van der Waals surface area (Å²) in [5.41, 5.74) is 3.25. The van der Waals surface area contributed by atoms with Gasteiger partial charge in [-0.15, -0.1) is 15.3 Å². The molecular formula is C16H20N8O. The van der Waals surface area contributed by atoms with E-state index in [-0.39, 0.29) is 0 Å². The fraction of sp³-hybridized carbons (Fsp3) is 0.500. The van der Waals surface area contributed by atoms with E-state index in [2.05, 4.69) is 41.9 Å². The highest BCUT2D eigenvalue weighted by molar-refractivity contribution is 5.47. The topological polar surface area (TPSA) is 76.6 Å². The molecule has 0 N–H and O–H groups in total. The van der Waals surface area contributed by atoms with Gasteiger partial charge in [-0.05, 0) is 19.2 Å². The number of ether oxygens (including phenoxy) is 1. The van der Waals surface area contributed by atoms with Crippen LogP contribution in [0.4, 0.5) is 5.82 Å². The molecule has 2 aliphatic rings. The molecule has 0 amide bonds. The lowest BCUT2D eigenvalue weighted by Crippen LogP contribution is -2.58. The van der Waals surface area contributed by atoms with Crippen molar-refractivity contribution in [2.45, 2.75) is 25.7 Å². The Bertz CT molecular complexity index is 897. The predicted molar refractivity (Wildman–Crippen MR) is 90.1 cm³/mol. The predicted octanol–water partition coefficient (Wildman–Crippen LogP) is 0.172. The summed E-state index contributed by atoms with van der Waals surface area (Å²) in [5, 5.41) is 16.9. The molecule has 9 nitrogen and oxygen atoms in total. The van der Waals surface area contributed by atoms with Gasteiger partial charge in [0.1, 0.15) is 12.1 Å². The Labute approximate surface area is 144 Å². The summed E-state index contributed by atoms with van der Waals surface area (Å²) in [4.78, 5) is 4.66. The third-order valence-electron chi connectivity index (χ3n) is 5.10. The van der Waals surface area contributed by atoms with Crippen molar-refractivity contribution >= 4 is 11.5 Å². The molecule has 1 saturated heterocycles. The maximum Gasteiger partial charge on any atom is 0.177 e. The molecule has 0 aliphatic carbocycles. The van der Waals surface area contributed by atoms with Crippen molar-refractivity contribution in [3.05, 3.63) is 35.9 Å². The third-order valence-corrected chi connectivity index (χ3v) is 5.10. The smallest absolute Gasteiger partial charge is 0.177 e. The average molecular weight is 340 g/mol. The Morgan fingerprint density at radius 1 is 1.32 bits per heavy atom. The van der Waals surface area contributed by atoms with Crippen molar-refractivity contribution in [1.82, 2.24) is 34.5 Å². The van der Waals surface area contributed by atoms with Crippen molar-refractivity contribution in [1.29, 1.82) is 0 Å². The van der Waals surface area contributed by atoms with E-state index in [0.717, 1.165) is 44.3 Å². The zero-order valence-electron chi connectivity index (χ0n) is 14.1. The molecule has 9 heteroatoms. The standard InChI is InChI=1S/C16H20N8O/c1-21(7-12-6-18-23-4-5-25-10-14(12)23)13-8-22(9-13)16-3-2-15-19-17-11-24(15)20-16/h2-3,6,11,13H,4-5,7-10H2,1H3. The molecule has 25 heavy (non-hydrogen) atoms. The first-order valence-electron chi connectivity index (χ1n) is 8.51. The van der Waals surface area contributed by atoms with Gasteiger partial charge >= 0.3 is 0 Å². The van der Waals surface area contributed by atoms with Gasteiger partial charge in [-0.2, -0.15) is 9.61 Å². The fourth-order valence-electron chi connectivity index (χ4n) is 3.47. The van der Waals surface area contributed by atoms with Crippen LogP contribution in [0.25, 0.3) is 5.65 Å². The van der Waals surface area contributed by atoms with E-state index in [1.807, 2.05) is 18.3 Å². The van der Waals surface area contributed by atoms with Gasteiger partial charge in [-0.3, -0.25) is 9.58 Å². The van der Waals surface area contributed by atoms with Crippen LogP contribution in [0, 0.1) is 0 Å². The van der Waals surface area contributed by atoms with E-state index < -0.39 is 0 Å². The van der Waals surface area contributed by atoms with Gasteiger partial charge in [0.2, 0.25) is 0 Å². The quantitative estimate of drug-likeness (QED) is 0.670. The monoisotopic (exact) mass is 340 g/mol. The molecule has 0 unspecified atom stereocenters. The average Bonchev–Trinajstić information content (AvgIpc) is 3.20. The minimum atomic E-state index is 0.512. The first-order chi connectivity index (χ1) is 12.3. The lowest BCUT2D eigenvalue weighted by atomic mass is 10.1. The van der Waals surface area contributed by atoms with Crippen LogP contribution in [-0.2, 0) is 24.4 Å². The van der Waals surface area contributed by atoms with Crippen LogP contribution in [0.5, 0.6) is 0 Å². The second-order valence-electron chi connectivity index (χ2n) is 6.69. The SMILES string of the molecule is CN(Cc1cnn2c1COCC2)C1CN(c2ccc3nncn3n2)C1. The highest BCUT2D eigenvalue weighted by Crippen LogP contribution is 2.23. The van der Waals surface area contributed by atoms with Gasteiger partial charge in [0.15, 0.2) is 5.65 Å². The van der Waals surface area contributed by atoms with Crippen LogP contribution in [-0.4, -0.2) is 67.3 Å². The summed E-state index contributed by atoms with van der Waals surface area (Å²) in [6, 6.07) is 4.47. The highest BCUT2D eigenvalue weighted by atomic mass is 16.5. The second-order valence-corrected chi connectivity index (χ2v) is 6.69. The van der Waals surface area contributed by atoms with Crippen molar-refractivity contribution < 1.29 is 4.74 Å². The molecule has 0 spiro atoms. The number of anilines is 1. The van der Waals surface area contributed by atoms with Crippen LogP contribution >= 0.6 is 0 Å². The zero-order valence-corrected chi connectivity index (χ0v) is 14.1. The molecular weight excluding hydrogens is 320 g/mol. The van der Waals surface area contributed by atoms with Gasteiger partial charge in [0.25, 0.3) is 0 Å². The molecule has 0 radical (unpaired) electrons. The molecule has 0 atom stereocenters. The number of hydrogen-bond donors (Lipinski definition) is 0. The van der Waals surface area contributed by atoms with Gasteiger partial charge in [0.05, 0.1) is 31.6 Å². The molecule has 5 heterocycles. The van der Waals surface area contributed by atoms with Gasteiger partial charge < -0.3 is 9.64 Å². The van der Waals surface area contributed by atoms with E-state index in [9.17, 15) is 0 Å². The summed E-state index contributed by atoms with van der Waals surface area (Å²) in [7, 11) is 2.17. The van der Waals surface area contributed by atoms with Gasteiger partial charge in [-0.1, -0.05) is 0 Å². The maximum atomic E-state index is 5.57. The van der Waals surface area contributed by atoms with Crippen LogP contribution in [0.1, 0.15) is 11.3 Å². The van der Waals surface area contributed by atoms with E-state index in [1.54, 1.807) is 10.8 Å². The number of rotatable bonds is 4. The zero-order chi connectivity index (χ0) is 16.8. The largest absolute Gasteiger partial charge is 0.373 e. The van der Waals surface area contributed by atoms with Crippen molar-refractivity contribution in [3.8, 4) is 0 Å². The lowest BCUT2D eigenvalue weighted by Gasteiger charge is -2.44. The first kappa shape index (κ1) is 14.8. The van der Waals surface area contributed by atoms with Gasteiger partial charge in [0, 0.05) is 31.2 Å². The third kappa shape index (κ3) is 2.56. The van der Waals surface area contributed by atoms with Crippen LogP contribution in [0.15, 0.2) is 24.7 Å². The Hall–Kier alpha value is -2.52. The van der Waals surface area contributed by atoms with Crippen LogP contribution in [0.3, 0.4) is 0 Å². The van der Waals surface area contributed by atoms with E-state index in [4.69, 9.17) is 4.74 Å². The number of likely N-dealkylation sites (N-methyl/N-ethyl adjacent to an activating group) is 1. The van der Waals surface area contributed by atoms with Crippen molar-refractivity contribution in [2.75, 3.05) is 31.6 Å². The fourth-order valence-corrected chi connectivity index (χ4v) is 3.47. The maximum absolute atomic E-state index is 5.57. The Balaban J connectivity index is 1.23. The number of hydrogen-bond acceptors (Lipinski definition) is 7. The number of fused-ring (bicyclic) bond motifs is 2. The lowest BCUT2D eigenvalue weighted by molar-refractivity contribution is 0.0784. The summed E-state index contributed by atoms with van der Waals surface area (Å²) >= 11 is 0. The Kier molecular flexibility index (Phi) is 3.42. The van der Waals surface area contributed by atoms with E-state index in [0.29, 0.717) is 12.6 Å². The highest BCUT2D eigenvalue weighted by Gasteiger charge is 2.32. The molecule has 0 saturated carbocycles. The molecule has 2 aliphatic heterocycles. The number of nitrogens with zero attached hydrogens (tertiary/aromatic N) is 8. The van der Waals surface area contributed by atoms with Crippen molar-refractivity contribution in [3.63, 3.8) is 0 Å².